The standard InChI is InChI=1S/C10H15B2ClNO2/c1-4-10(2,3)11-7-5-6-8(12(15)16)14-9(7)13/h5-6,15-16H,4H2,1-3H3. The maximum Gasteiger partial charge on any atom is 0.508 e. The number of hydrogen-bond donors (Lipinski definition) is 2. The Morgan fingerprint density at radius 3 is 2.50 bits per heavy atom. The zero-order valence-electron chi connectivity index (χ0n) is 9.74. The highest BCUT2D eigenvalue weighted by Crippen LogP contribution is 2.26. The summed E-state index contributed by atoms with van der Waals surface area (Å²) in [7, 11) is 0.460. The third-order valence-corrected chi connectivity index (χ3v) is 2.92. The van der Waals surface area contributed by atoms with E-state index in [2.05, 4.69) is 25.8 Å². The lowest BCUT2D eigenvalue weighted by Gasteiger charge is -2.21. The molecule has 85 valence electrons. The maximum atomic E-state index is 8.94. The molecule has 0 saturated heterocycles. The monoisotopic (exact) mass is 238 g/mol. The van der Waals surface area contributed by atoms with Crippen LogP contribution in [0.2, 0.25) is 10.5 Å². The summed E-state index contributed by atoms with van der Waals surface area (Å²) >= 11 is 5.97. The van der Waals surface area contributed by atoms with Gasteiger partial charge in [0.25, 0.3) is 0 Å². The normalized spacial score (nSPS) is 11.4. The van der Waals surface area contributed by atoms with Crippen molar-refractivity contribution in [2.45, 2.75) is 32.5 Å². The fourth-order valence-electron chi connectivity index (χ4n) is 1.23. The molecule has 0 atom stereocenters. The van der Waals surface area contributed by atoms with Crippen molar-refractivity contribution >= 4 is 37.1 Å². The number of pyridine rings is 1. The Balaban J connectivity index is 2.91. The van der Waals surface area contributed by atoms with Crippen LogP contribution in [0.1, 0.15) is 27.2 Å². The van der Waals surface area contributed by atoms with Crippen LogP contribution in [0.15, 0.2) is 12.1 Å². The zero-order valence-corrected chi connectivity index (χ0v) is 10.5. The van der Waals surface area contributed by atoms with Crippen molar-refractivity contribution in [3.8, 4) is 0 Å². The van der Waals surface area contributed by atoms with Crippen LogP contribution in [-0.2, 0) is 0 Å². The first-order valence-corrected chi connectivity index (χ1v) is 5.62. The Morgan fingerprint density at radius 1 is 1.44 bits per heavy atom. The van der Waals surface area contributed by atoms with Crippen molar-refractivity contribution in [3.63, 3.8) is 0 Å². The van der Waals surface area contributed by atoms with Gasteiger partial charge < -0.3 is 10.0 Å². The van der Waals surface area contributed by atoms with Crippen LogP contribution in [0.25, 0.3) is 0 Å². The van der Waals surface area contributed by atoms with Gasteiger partial charge in [0.15, 0.2) is 7.28 Å². The molecule has 6 heteroatoms. The zero-order chi connectivity index (χ0) is 12.3. The minimum Gasteiger partial charge on any atom is -0.422 e. The summed E-state index contributed by atoms with van der Waals surface area (Å²) in [6, 6.07) is 3.32. The van der Waals surface area contributed by atoms with Gasteiger partial charge in [0.05, 0.1) is 5.59 Å². The first-order chi connectivity index (χ1) is 7.35. The molecule has 1 aromatic rings. The quantitative estimate of drug-likeness (QED) is 0.588. The van der Waals surface area contributed by atoms with Gasteiger partial charge in [-0.1, -0.05) is 55.6 Å². The summed E-state index contributed by atoms with van der Waals surface area (Å²) in [5.74, 6) is 0. The predicted molar refractivity (Wildman–Crippen MR) is 68.8 cm³/mol. The van der Waals surface area contributed by atoms with Gasteiger partial charge >= 0.3 is 7.12 Å². The summed E-state index contributed by atoms with van der Waals surface area (Å²) < 4.78 is 0. The van der Waals surface area contributed by atoms with Crippen LogP contribution >= 0.6 is 11.6 Å². The molecule has 1 rings (SSSR count). The Bertz CT molecular complexity index is 372. The second kappa shape index (κ2) is 5.21. The van der Waals surface area contributed by atoms with E-state index in [1.54, 1.807) is 12.1 Å². The molecule has 0 aliphatic heterocycles. The summed E-state index contributed by atoms with van der Waals surface area (Å²) in [5, 5.41) is 18.2. The highest BCUT2D eigenvalue weighted by Gasteiger charge is 2.21. The number of aromatic nitrogens is 1. The number of halogens is 1. The lowest BCUT2D eigenvalue weighted by atomic mass is 9.49. The van der Waals surface area contributed by atoms with E-state index >= 15 is 0 Å². The molecule has 3 nitrogen and oxygen atoms in total. The molecule has 1 radical (unpaired) electrons. The Hall–Kier alpha value is -0.510. The molecule has 1 heterocycles. The SMILES string of the molecule is CCC(C)(C)[B]c1ccc(B(O)O)nc1Cl. The van der Waals surface area contributed by atoms with Crippen LogP contribution < -0.4 is 11.1 Å². The fraction of sp³-hybridized carbons (Fsp3) is 0.500. The largest absolute Gasteiger partial charge is 0.508 e. The summed E-state index contributed by atoms with van der Waals surface area (Å²) in [5.41, 5.74) is 0.981. The lowest BCUT2D eigenvalue weighted by Crippen LogP contribution is -2.36. The van der Waals surface area contributed by atoms with Gasteiger partial charge in [-0.15, -0.1) is 0 Å². The van der Waals surface area contributed by atoms with Crippen molar-refractivity contribution in [3.05, 3.63) is 17.3 Å². The van der Waals surface area contributed by atoms with Crippen molar-refractivity contribution in [2.75, 3.05) is 0 Å². The second-order valence-electron chi connectivity index (χ2n) is 4.48. The van der Waals surface area contributed by atoms with E-state index in [-0.39, 0.29) is 10.9 Å². The number of hydrogen-bond acceptors (Lipinski definition) is 3. The van der Waals surface area contributed by atoms with Crippen LogP contribution in [0.3, 0.4) is 0 Å². The Kier molecular flexibility index (Phi) is 4.42. The van der Waals surface area contributed by atoms with Gasteiger partial charge in [-0.2, -0.15) is 0 Å². The average Bonchev–Trinajstić information content (AvgIpc) is 2.20. The van der Waals surface area contributed by atoms with Crippen LogP contribution in [0, 0.1) is 0 Å². The Labute approximate surface area is 102 Å². The first-order valence-electron chi connectivity index (χ1n) is 5.24. The van der Waals surface area contributed by atoms with Crippen molar-refractivity contribution in [2.24, 2.45) is 0 Å². The fourth-order valence-corrected chi connectivity index (χ4v) is 1.45. The molecule has 0 unspecified atom stereocenters. The maximum absolute atomic E-state index is 8.94. The van der Waals surface area contributed by atoms with Gasteiger partial charge in [0, 0.05) is 0 Å². The highest BCUT2D eigenvalue weighted by molar-refractivity contribution is 6.62. The van der Waals surface area contributed by atoms with Crippen molar-refractivity contribution in [1.29, 1.82) is 0 Å². The van der Waals surface area contributed by atoms with Gasteiger partial charge in [-0.05, 0) is 6.07 Å². The van der Waals surface area contributed by atoms with E-state index in [1.165, 1.54) is 0 Å². The first kappa shape index (κ1) is 13.6. The molecule has 0 bridgehead atoms. The van der Waals surface area contributed by atoms with E-state index in [0.29, 0.717) is 5.15 Å². The molecule has 0 aliphatic rings. The van der Waals surface area contributed by atoms with E-state index in [0.717, 1.165) is 11.9 Å². The average molecular weight is 238 g/mol. The van der Waals surface area contributed by atoms with E-state index in [4.69, 9.17) is 21.6 Å². The van der Waals surface area contributed by atoms with E-state index < -0.39 is 7.12 Å². The molecular weight excluding hydrogens is 223 g/mol. The lowest BCUT2D eigenvalue weighted by molar-refractivity contribution is 0.424. The van der Waals surface area contributed by atoms with Gasteiger partial charge in [0.2, 0.25) is 0 Å². The van der Waals surface area contributed by atoms with Gasteiger partial charge in [-0.25, -0.2) is 4.98 Å². The highest BCUT2D eigenvalue weighted by atomic mass is 35.5. The molecular formula is C10H15B2ClNO2. The number of rotatable bonds is 4. The minimum absolute atomic E-state index is 0.0463. The third kappa shape index (κ3) is 3.51. The molecule has 0 aliphatic carbocycles. The molecule has 0 saturated carbocycles. The predicted octanol–water partition coefficient (Wildman–Crippen LogP) is 0.353. The summed E-state index contributed by atoms with van der Waals surface area (Å²) in [6.07, 6.45) is 0.994. The molecule has 0 fully saturated rings. The molecule has 2 N–H and O–H groups in total. The van der Waals surface area contributed by atoms with Crippen LogP contribution in [0.4, 0.5) is 0 Å². The van der Waals surface area contributed by atoms with E-state index in [9.17, 15) is 0 Å². The Morgan fingerprint density at radius 2 is 2.06 bits per heavy atom. The smallest absolute Gasteiger partial charge is 0.422 e. The summed E-state index contributed by atoms with van der Waals surface area (Å²) in [4.78, 5) is 3.93. The van der Waals surface area contributed by atoms with Crippen molar-refractivity contribution < 1.29 is 10.0 Å². The molecule has 16 heavy (non-hydrogen) atoms. The van der Waals surface area contributed by atoms with Crippen LogP contribution in [0.5, 0.6) is 0 Å². The van der Waals surface area contributed by atoms with Crippen molar-refractivity contribution in [1.82, 2.24) is 4.98 Å². The molecule has 1 aromatic heterocycles. The third-order valence-electron chi connectivity index (χ3n) is 2.62. The minimum atomic E-state index is -1.58. The van der Waals surface area contributed by atoms with Crippen LogP contribution in [-0.4, -0.2) is 29.4 Å². The van der Waals surface area contributed by atoms with Gasteiger partial charge in [0.1, 0.15) is 5.15 Å². The van der Waals surface area contributed by atoms with E-state index in [1.807, 2.05) is 7.28 Å². The molecule has 0 aromatic carbocycles. The topological polar surface area (TPSA) is 53.4 Å². The summed E-state index contributed by atoms with van der Waals surface area (Å²) in [6.45, 7) is 6.32. The molecule has 0 amide bonds. The number of nitrogens with zero attached hydrogens (tertiary/aromatic N) is 1. The molecule has 0 spiro atoms. The second-order valence-corrected chi connectivity index (χ2v) is 4.83. The van der Waals surface area contributed by atoms with Gasteiger partial charge in [-0.3, -0.25) is 0 Å².